The molecule has 0 unspecified atom stereocenters. The van der Waals surface area contributed by atoms with Crippen LogP contribution in [0.25, 0.3) is 6.08 Å². The van der Waals surface area contributed by atoms with E-state index in [-0.39, 0.29) is 15.0 Å². The second-order valence-electron chi connectivity index (χ2n) is 7.72. The molecule has 0 aliphatic carbocycles. The summed E-state index contributed by atoms with van der Waals surface area (Å²) in [6.07, 6.45) is 3.03. The lowest BCUT2D eigenvalue weighted by Crippen LogP contribution is -2.13. The Kier molecular flexibility index (Phi) is 9.59. The highest BCUT2D eigenvalue weighted by Gasteiger charge is 2.18. The van der Waals surface area contributed by atoms with Gasteiger partial charge in [-0.25, -0.2) is 8.42 Å². The average Bonchev–Trinajstić information content (AvgIpc) is 3.34. The predicted octanol–water partition coefficient (Wildman–Crippen LogP) is 4.04. The fourth-order valence-corrected chi connectivity index (χ4v) is 4.54. The Labute approximate surface area is 219 Å². The molecule has 194 valence electrons. The highest BCUT2D eigenvalue weighted by molar-refractivity contribution is 7.92. The first-order valence-corrected chi connectivity index (χ1v) is 14.0. The molecule has 0 saturated heterocycles. The smallest absolute Gasteiger partial charge is 0.268 e. The largest absolute Gasteiger partial charge is 0.493 e. The van der Waals surface area contributed by atoms with Crippen LogP contribution in [-0.2, 0) is 14.6 Å². The van der Waals surface area contributed by atoms with Crippen LogP contribution in [0, 0.1) is 18.3 Å². The minimum atomic E-state index is -3.55. The number of nitrogens with zero attached hydrogens (tertiary/aromatic N) is 3. The van der Waals surface area contributed by atoms with Crippen LogP contribution in [0.5, 0.6) is 17.2 Å². The third kappa shape index (κ3) is 8.03. The maximum Gasteiger partial charge on any atom is 0.268 e. The highest BCUT2D eigenvalue weighted by atomic mass is 32.2. The number of carbonyl (C=O) groups excluding carboxylic acids is 1. The molecule has 3 aromatic rings. The molecule has 0 radical (unpaired) electrons. The molecule has 0 spiro atoms. The van der Waals surface area contributed by atoms with Crippen molar-refractivity contribution in [2.24, 2.45) is 0 Å². The van der Waals surface area contributed by atoms with E-state index in [0.29, 0.717) is 54.6 Å². The van der Waals surface area contributed by atoms with Gasteiger partial charge in [0.1, 0.15) is 17.4 Å². The summed E-state index contributed by atoms with van der Waals surface area (Å²) in [5, 5.41) is 19.0. The van der Waals surface area contributed by atoms with Crippen molar-refractivity contribution in [3.63, 3.8) is 0 Å². The zero-order chi connectivity index (χ0) is 26.8. The molecule has 0 atom stereocenters. The molecule has 3 rings (SSSR count). The molecule has 0 aliphatic heterocycles. The van der Waals surface area contributed by atoms with Gasteiger partial charge in [-0.1, -0.05) is 35.6 Å². The molecule has 0 fully saturated rings. The number of nitrogens with one attached hydrogen (secondary N) is 1. The van der Waals surface area contributed by atoms with E-state index in [1.165, 1.54) is 6.08 Å². The summed E-state index contributed by atoms with van der Waals surface area (Å²) in [7, 11) is -3.55. The van der Waals surface area contributed by atoms with Gasteiger partial charge in [-0.15, -0.1) is 10.2 Å². The summed E-state index contributed by atoms with van der Waals surface area (Å²) in [5.74, 6) is 1.09. The number of hydrogen-bond acceptors (Lipinski definition) is 10. The van der Waals surface area contributed by atoms with Gasteiger partial charge < -0.3 is 14.2 Å². The standard InChI is InChI=1S/C25H26N4O6S2/c1-4-33-22-15-18(10-11-21(22)35-13-7-12-34-20-9-6-5-8-17(20)2)14-19(16-26)23(30)27-24-28-29-25(36-24)37(3,31)32/h5-6,8-11,14-15H,4,7,12-13H2,1-3H3,(H,27,28,30). The van der Waals surface area contributed by atoms with Crippen LogP contribution >= 0.6 is 11.3 Å². The lowest BCUT2D eigenvalue weighted by molar-refractivity contribution is -0.112. The van der Waals surface area contributed by atoms with Crippen LogP contribution < -0.4 is 19.5 Å². The monoisotopic (exact) mass is 542 g/mol. The number of hydrogen-bond donors (Lipinski definition) is 1. The normalized spacial score (nSPS) is 11.5. The van der Waals surface area contributed by atoms with Crippen LogP contribution in [0.2, 0.25) is 0 Å². The van der Waals surface area contributed by atoms with Gasteiger partial charge in [0.15, 0.2) is 11.5 Å². The van der Waals surface area contributed by atoms with Gasteiger partial charge in [-0.2, -0.15) is 5.26 Å². The summed E-state index contributed by atoms with van der Waals surface area (Å²) < 4.78 is 40.2. The number of nitriles is 1. The number of rotatable bonds is 12. The predicted molar refractivity (Wildman–Crippen MR) is 140 cm³/mol. The van der Waals surface area contributed by atoms with Crippen LogP contribution in [0.4, 0.5) is 5.13 Å². The number of benzene rings is 2. The molecule has 2 aromatic carbocycles. The molecular formula is C25H26N4O6S2. The SMILES string of the molecule is CCOc1cc(C=C(C#N)C(=O)Nc2nnc(S(C)(=O)=O)s2)ccc1OCCCOc1ccccc1C. The first-order valence-electron chi connectivity index (χ1n) is 11.3. The number of ether oxygens (including phenoxy) is 3. The van der Waals surface area contributed by atoms with E-state index in [2.05, 4.69) is 15.5 Å². The number of aryl methyl sites for hydroxylation is 1. The highest BCUT2D eigenvalue weighted by Crippen LogP contribution is 2.30. The lowest BCUT2D eigenvalue weighted by Gasteiger charge is -2.13. The van der Waals surface area contributed by atoms with Gasteiger partial charge in [0.2, 0.25) is 19.3 Å². The van der Waals surface area contributed by atoms with Crippen molar-refractivity contribution in [2.45, 2.75) is 24.6 Å². The van der Waals surface area contributed by atoms with E-state index in [1.807, 2.05) is 44.2 Å². The second-order valence-corrected chi connectivity index (χ2v) is 10.9. The Morgan fingerprint density at radius 1 is 1.08 bits per heavy atom. The van der Waals surface area contributed by atoms with Gasteiger partial charge in [0.25, 0.3) is 5.91 Å². The van der Waals surface area contributed by atoms with Crippen LogP contribution in [0.15, 0.2) is 52.4 Å². The van der Waals surface area contributed by atoms with Crippen molar-refractivity contribution in [2.75, 3.05) is 31.4 Å². The van der Waals surface area contributed by atoms with E-state index in [0.717, 1.165) is 17.6 Å². The maximum absolute atomic E-state index is 12.5. The van der Waals surface area contributed by atoms with Gasteiger partial charge >= 0.3 is 0 Å². The first-order chi connectivity index (χ1) is 17.7. The minimum Gasteiger partial charge on any atom is -0.493 e. The fourth-order valence-electron chi connectivity index (χ4n) is 3.03. The first kappa shape index (κ1) is 27.6. The van der Waals surface area contributed by atoms with Crippen molar-refractivity contribution >= 4 is 38.3 Å². The molecule has 0 aliphatic rings. The fraction of sp³-hybridized carbons (Fsp3) is 0.280. The van der Waals surface area contributed by atoms with Crippen LogP contribution in [-0.4, -0.2) is 50.6 Å². The molecular weight excluding hydrogens is 516 g/mol. The molecule has 1 amide bonds. The van der Waals surface area contributed by atoms with Crippen LogP contribution in [0.3, 0.4) is 0 Å². The Bertz CT molecular complexity index is 1430. The maximum atomic E-state index is 12.5. The zero-order valence-corrected chi connectivity index (χ0v) is 22.2. The van der Waals surface area contributed by atoms with E-state index in [1.54, 1.807) is 18.2 Å². The lowest BCUT2D eigenvalue weighted by atomic mass is 10.1. The third-order valence-electron chi connectivity index (χ3n) is 4.79. The molecule has 0 saturated carbocycles. The Morgan fingerprint density at radius 3 is 2.46 bits per heavy atom. The number of para-hydroxylation sites is 1. The third-order valence-corrected chi connectivity index (χ3v) is 7.29. The summed E-state index contributed by atoms with van der Waals surface area (Å²) in [4.78, 5) is 12.5. The Morgan fingerprint density at radius 2 is 1.81 bits per heavy atom. The zero-order valence-electron chi connectivity index (χ0n) is 20.6. The number of amides is 1. The van der Waals surface area contributed by atoms with Crippen LogP contribution in [0.1, 0.15) is 24.5 Å². The van der Waals surface area contributed by atoms with Crippen molar-refractivity contribution in [1.82, 2.24) is 10.2 Å². The van der Waals surface area contributed by atoms with E-state index in [9.17, 15) is 18.5 Å². The minimum absolute atomic E-state index is 0.0308. The quantitative estimate of drug-likeness (QED) is 0.155. The number of aromatic nitrogens is 2. The molecule has 10 nitrogen and oxygen atoms in total. The van der Waals surface area contributed by atoms with Crippen molar-refractivity contribution in [3.8, 4) is 23.3 Å². The number of sulfone groups is 1. The summed E-state index contributed by atoms with van der Waals surface area (Å²) in [5.41, 5.74) is 1.40. The summed E-state index contributed by atoms with van der Waals surface area (Å²) in [6, 6.07) is 14.7. The molecule has 1 aromatic heterocycles. The van der Waals surface area contributed by atoms with Crippen molar-refractivity contribution in [1.29, 1.82) is 5.26 Å². The number of carbonyl (C=O) groups is 1. The second kappa shape index (κ2) is 12.8. The Hall–Kier alpha value is -3.95. The van der Waals surface area contributed by atoms with E-state index >= 15 is 0 Å². The number of anilines is 1. The molecule has 0 bridgehead atoms. The summed E-state index contributed by atoms with van der Waals surface area (Å²) >= 11 is 0.699. The topological polar surface area (TPSA) is 140 Å². The van der Waals surface area contributed by atoms with Gasteiger partial charge in [0.05, 0.1) is 19.8 Å². The van der Waals surface area contributed by atoms with E-state index in [4.69, 9.17) is 14.2 Å². The van der Waals surface area contributed by atoms with Gasteiger partial charge in [-0.3, -0.25) is 10.1 Å². The average molecular weight is 543 g/mol. The molecule has 37 heavy (non-hydrogen) atoms. The van der Waals surface area contributed by atoms with E-state index < -0.39 is 15.7 Å². The summed E-state index contributed by atoms with van der Waals surface area (Å²) in [6.45, 7) is 5.12. The van der Waals surface area contributed by atoms with Gasteiger partial charge in [0, 0.05) is 12.7 Å². The molecule has 1 heterocycles. The Balaban J connectivity index is 1.63. The van der Waals surface area contributed by atoms with Crippen molar-refractivity contribution in [3.05, 3.63) is 59.2 Å². The van der Waals surface area contributed by atoms with Crippen molar-refractivity contribution < 1.29 is 27.4 Å². The molecule has 1 N–H and O–H groups in total. The molecule has 12 heteroatoms. The van der Waals surface area contributed by atoms with Gasteiger partial charge in [-0.05, 0) is 49.2 Å².